The fourth-order valence-corrected chi connectivity index (χ4v) is 2.70. The third-order valence-corrected chi connectivity index (χ3v) is 4.53. The van der Waals surface area contributed by atoms with E-state index in [1.54, 1.807) is 0 Å². The summed E-state index contributed by atoms with van der Waals surface area (Å²) in [5.74, 6) is 0.608. The molecule has 1 heterocycles. The molecule has 0 spiro atoms. The fourth-order valence-electron chi connectivity index (χ4n) is 1.90. The highest BCUT2D eigenvalue weighted by Crippen LogP contribution is 2.20. The molecule has 14 heavy (non-hydrogen) atoms. The summed E-state index contributed by atoms with van der Waals surface area (Å²) in [6.07, 6.45) is 2.73. The van der Waals surface area contributed by atoms with Crippen molar-refractivity contribution in [3.8, 4) is 0 Å². The molecule has 1 saturated heterocycles. The van der Waals surface area contributed by atoms with Gasteiger partial charge in [0, 0.05) is 12.6 Å². The Bertz CT molecular complexity index is 269. The maximum atomic E-state index is 11.1. The molecular weight excluding hydrogens is 200 g/mol. The number of nitrogens with one attached hydrogen (secondary N) is 1. The van der Waals surface area contributed by atoms with Gasteiger partial charge in [0.1, 0.15) is 0 Å². The molecular formula is C9H20N2O2S. The molecule has 1 fully saturated rings. The van der Waals surface area contributed by atoms with Gasteiger partial charge in [-0.2, -0.15) is 0 Å². The molecule has 4 nitrogen and oxygen atoms in total. The maximum absolute atomic E-state index is 11.1. The second-order valence-electron chi connectivity index (χ2n) is 4.19. The van der Waals surface area contributed by atoms with Crippen LogP contribution < -0.4 is 10.5 Å². The number of rotatable bonds is 3. The minimum absolute atomic E-state index is 0.386. The van der Waals surface area contributed by atoms with Crippen molar-refractivity contribution in [2.75, 3.05) is 6.54 Å². The van der Waals surface area contributed by atoms with Crippen LogP contribution in [0.4, 0.5) is 0 Å². The highest BCUT2D eigenvalue weighted by Gasteiger charge is 2.29. The zero-order chi connectivity index (χ0) is 10.8. The van der Waals surface area contributed by atoms with E-state index < -0.39 is 10.0 Å². The average Bonchev–Trinajstić information content (AvgIpc) is 2.15. The zero-order valence-electron chi connectivity index (χ0n) is 8.86. The standard InChI is InChI=1S/C9H20N2O2S/c1-3-7(2)9-5-4-8(6-11-9)14(10,12)13/h7-9,11H,3-6H2,1-2H3,(H2,10,12,13). The Morgan fingerprint density at radius 2 is 2.14 bits per heavy atom. The molecule has 0 aromatic rings. The summed E-state index contributed by atoms with van der Waals surface area (Å²) in [6.45, 7) is 4.85. The highest BCUT2D eigenvalue weighted by atomic mass is 32.2. The van der Waals surface area contributed by atoms with E-state index >= 15 is 0 Å². The Balaban J connectivity index is 2.47. The van der Waals surface area contributed by atoms with Crippen LogP contribution in [0, 0.1) is 5.92 Å². The van der Waals surface area contributed by atoms with Crippen LogP contribution >= 0.6 is 0 Å². The van der Waals surface area contributed by atoms with Gasteiger partial charge in [0.15, 0.2) is 0 Å². The molecule has 3 N–H and O–H groups in total. The number of nitrogens with two attached hydrogens (primary N) is 1. The molecule has 0 aromatic heterocycles. The largest absolute Gasteiger partial charge is 0.312 e. The van der Waals surface area contributed by atoms with Gasteiger partial charge in [-0.15, -0.1) is 0 Å². The number of piperidine rings is 1. The van der Waals surface area contributed by atoms with Crippen molar-refractivity contribution in [2.24, 2.45) is 11.1 Å². The van der Waals surface area contributed by atoms with Crippen molar-refractivity contribution in [3.05, 3.63) is 0 Å². The molecule has 1 rings (SSSR count). The van der Waals surface area contributed by atoms with E-state index in [2.05, 4.69) is 19.2 Å². The predicted octanol–water partition coefficient (Wildman–Crippen LogP) is 0.442. The van der Waals surface area contributed by atoms with Gasteiger partial charge in [-0.05, 0) is 18.8 Å². The van der Waals surface area contributed by atoms with Crippen LogP contribution in [0.15, 0.2) is 0 Å². The molecule has 84 valence electrons. The van der Waals surface area contributed by atoms with Crippen LogP contribution in [0.5, 0.6) is 0 Å². The van der Waals surface area contributed by atoms with Gasteiger partial charge in [0.05, 0.1) is 5.25 Å². The molecule has 0 amide bonds. The van der Waals surface area contributed by atoms with Gasteiger partial charge in [0.25, 0.3) is 0 Å². The number of hydrogen-bond acceptors (Lipinski definition) is 3. The van der Waals surface area contributed by atoms with E-state index in [-0.39, 0.29) is 5.25 Å². The van der Waals surface area contributed by atoms with Crippen molar-refractivity contribution >= 4 is 10.0 Å². The monoisotopic (exact) mass is 220 g/mol. The third kappa shape index (κ3) is 2.93. The Morgan fingerprint density at radius 1 is 1.50 bits per heavy atom. The number of hydrogen-bond donors (Lipinski definition) is 2. The molecule has 0 bridgehead atoms. The summed E-state index contributed by atoms with van der Waals surface area (Å²) in [6, 6.07) is 0.456. The molecule has 0 saturated carbocycles. The number of sulfonamides is 1. The first-order valence-corrected chi connectivity index (χ1v) is 6.81. The lowest BCUT2D eigenvalue weighted by atomic mass is 9.92. The van der Waals surface area contributed by atoms with Gasteiger partial charge < -0.3 is 5.32 Å². The van der Waals surface area contributed by atoms with Crippen LogP contribution in [0.3, 0.4) is 0 Å². The molecule has 1 aliphatic rings. The van der Waals surface area contributed by atoms with Crippen molar-refractivity contribution in [3.63, 3.8) is 0 Å². The van der Waals surface area contributed by atoms with Crippen LogP contribution in [-0.4, -0.2) is 26.3 Å². The molecule has 0 radical (unpaired) electrons. The normalized spacial score (nSPS) is 31.4. The van der Waals surface area contributed by atoms with Gasteiger partial charge >= 0.3 is 0 Å². The Morgan fingerprint density at radius 3 is 2.50 bits per heavy atom. The first-order valence-electron chi connectivity index (χ1n) is 5.20. The summed E-state index contributed by atoms with van der Waals surface area (Å²) in [4.78, 5) is 0. The molecule has 3 atom stereocenters. The molecule has 0 aliphatic carbocycles. The van der Waals surface area contributed by atoms with Crippen molar-refractivity contribution in [1.29, 1.82) is 0 Å². The quantitative estimate of drug-likeness (QED) is 0.725. The van der Waals surface area contributed by atoms with Gasteiger partial charge in [-0.3, -0.25) is 0 Å². The zero-order valence-corrected chi connectivity index (χ0v) is 9.68. The Hall–Kier alpha value is -0.130. The summed E-state index contributed by atoms with van der Waals surface area (Å²) in [5.41, 5.74) is 0. The van der Waals surface area contributed by atoms with E-state index in [0.29, 0.717) is 24.9 Å². The second-order valence-corrected chi connectivity index (χ2v) is 6.03. The highest BCUT2D eigenvalue weighted by molar-refractivity contribution is 7.89. The molecule has 3 unspecified atom stereocenters. The van der Waals surface area contributed by atoms with Crippen LogP contribution in [0.1, 0.15) is 33.1 Å². The van der Waals surface area contributed by atoms with Crippen molar-refractivity contribution < 1.29 is 8.42 Å². The van der Waals surface area contributed by atoms with Crippen LogP contribution in [0.2, 0.25) is 0 Å². The fraction of sp³-hybridized carbons (Fsp3) is 1.00. The maximum Gasteiger partial charge on any atom is 0.213 e. The van der Waals surface area contributed by atoms with E-state index in [1.807, 2.05) is 0 Å². The van der Waals surface area contributed by atoms with Gasteiger partial charge in [-0.1, -0.05) is 20.3 Å². The molecule has 5 heteroatoms. The Labute approximate surface area is 86.3 Å². The first-order chi connectivity index (χ1) is 6.45. The lowest BCUT2D eigenvalue weighted by Gasteiger charge is -2.32. The van der Waals surface area contributed by atoms with E-state index in [0.717, 1.165) is 12.8 Å². The Kier molecular flexibility index (Phi) is 3.92. The summed E-state index contributed by atoms with van der Waals surface area (Å²) in [7, 11) is -3.34. The lowest BCUT2D eigenvalue weighted by Crippen LogP contribution is -2.48. The smallest absolute Gasteiger partial charge is 0.213 e. The number of primary sulfonamides is 1. The minimum Gasteiger partial charge on any atom is -0.312 e. The summed E-state index contributed by atoms with van der Waals surface area (Å²) < 4.78 is 22.1. The van der Waals surface area contributed by atoms with Crippen LogP contribution in [-0.2, 0) is 10.0 Å². The summed E-state index contributed by atoms with van der Waals surface area (Å²) in [5, 5.41) is 7.98. The first kappa shape index (κ1) is 11.9. The van der Waals surface area contributed by atoms with E-state index in [9.17, 15) is 8.42 Å². The van der Waals surface area contributed by atoms with Gasteiger partial charge in [-0.25, -0.2) is 13.6 Å². The van der Waals surface area contributed by atoms with E-state index in [1.165, 1.54) is 0 Å². The van der Waals surface area contributed by atoms with Crippen LogP contribution in [0.25, 0.3) is 0 Å². The average molecular weight is 220 g/mol. The third-order valence-electron chi connectivity index (χ3n) is 3.20. The second kappa shape index (κ2) is 4.59. The van der Waals surface area contributed by atoms with Gasteiger partial charge in [0.2, 0.25) is 10.0 Å². The minimum atomic E-state index is -3.34. The molecule has 1 aliphatic heterocycles. The summed E-state index contributed by atoms with van der Waals surface area (Å²) >= 11 is 0. The molecule has 0 aromatic carbocycles. The lowest BCUT2D eigenvalue weighted by molar-refractivity contribution is 0.305. The predicted molar refractivity (Wildman–Crippen MR) is 57.4 cm³/mol. The SMILES string of the molecule is CCC(C)C1CCC(S(N)(=O)=O)CN1. The topological polar surface area (TPSA) is 72.2 Å². The van der Waals surface area contributed by atoms with E-state index in [4.69, 9.17) is 5.14 Å². The van der Waals surface area contributed by atoms with Crippen molar-refractivity contribution in [1.82, 2.24) is 5.32 Å². The van der Waals surface area contributed by atoms with Crippen molar-refractivity contribution in [2.45, 2.75) is 44.4 Å².